The van der Waals surface area contributed by atoms with E-state index >= 15 is 0 Å². The zero-order valence-electron chi connectivity index (χ0n) is 9.67. The van der Waals surface area contributed by atoms with Crippen LogP contribution < -0.4 is 0 Å². The summed E-state index contributed by atoms with van der Waals surface area (Å²) in [5, 5.41) is 8.35. The van der Waals surface area contributed by atoms with Crippen molar-refractivity contribution in [3.05, 3.63) is 17.9 Å². The van der Waals surface area contributed by atoms with Gasteiger partial charge in [0, 0.05) is 0 Å². The number of carboxylic acids is 1. The normalized spacial score (nSPS) is 9.40. The van der Waals surface area contributed by atoms with Gasteiger partial charge in [-0.05, 0) is 25.0 Å². The fraction of sp³-hybridized carbons (Fsp3) is 0.692. The van der Waals surface area contributed by atoms with Crippen LogP contribution in [0.3, 0.4) is 0 Å². The summed E-state index contributed by atoms with van der Waals surface area (Å²) in [4.78, 5) is 10.1. The van der Waals surface area contributed by atoms with Crippen LogP contribution in [-0.2, 0) is 4.79 Å². The molecule has 2 heteroatoms. The van der Waals surface area contributed by atoms with Crippen molar-refractivity contribution in [3.8, 4) is 0 Å². The first-order chi connectivity index (χ1) is 7.27. The molecule has 0 rings (SSSR count). The van der Waals surface area contributed by atoms with Gasteiger partial charge in [0.2, 0.25) is 0 Å². The van der Waals surface area contributed by atoms with Crippen molar-refractivity contribution in [3.63, 3.8) is 0 Å². The van der Waals surface area contributed by atoms with E-state index in [9.17, 15) is 4.79 Å². The lowest BCUT2D eigenvalue weighted by Crippen LogP contribution is -1.88. The summed E-state index contributed by atoms with van der Waals surface area (Å²) in [5.74, 6) is -0.796. The number of hydrogen-bond acceptors (Lipinski definition) is 1. The number of carbonyl (C=O) groups is 1. The zero-order valence-corrected chi connectivity index (χ0v) is 9.67. The Balaban J connectivity index is 3.22. The monoisotopic (exact) mass is 210 g/mol. The first-order valence-electron chi connectivity index (χ1n) is 5.88. The molecule has 0 aliphatic heterocycles. The summed E-state index contributed by atoms with van der Waals surface area (Å²) in [6.45, 7) is 2.22. The molecule has 0 heterocycles. The molecule has 0 radical (unpaired) electrons. The number of unbranched alkanes of at least 4 members (excludes halogenated alkanes) is 6. The molecule has 0 atom stereocenters. The highest BCUT2D eigenvalue weighted by Gasteiger charge is 1.88. The summed E-state index contributed by atoms with van der Waals surface area (Å²) in [7, 11) is 0. The van der Waals surface area contributed by atoms with Gasteiger partial charge in [-0.1, -0.05) is 39.0 Å². The van der Waals surface area contributed by atoms with Crippen LogP contribution in [0.15, 0.2) is 17.9 Å². The fourth-order valence-electron chi connectivity index (χ4n) is 1.34. The molecular weight excluding hydrogens is 188 g/mol. The molecule has 0 aliphatic rings. The maximum atomic E-state index is 10.1. The average Bonchev–Trinajstić information content (AvgIpc) is 2.20. The minimum absolute atomic E-state index is 0.0764. The van der Waals surface area contributed by atoms with Crippen LogP contribution in [0.1, 0.15) is 58.3 Å². The summed E-state index contributed by atoms with van der Waals surface area (Å²) in [6, 6.07) is 0. The van der Waals surface area contributed by atoms with Crippen LogP contribution in [-0.4, -0.2) is 11.1 Å². The number of carboxylic acid groups (broad SMARTS) is 1. The highest BCUT2D eigenvalue weighted by atomic mass is 16.4. The van der Waals surface area contributed by atoms with Crippen LogP contribution in [0.5, 0.6) is 0 Å². The maximum Gasteiger partial charge on any atom is 0.307 e. The first-order valence-corrected chi connectivity index (χ1v) is 5.88. The Morgan fingerprint density at radius 1 is 1.13 bits per heavy atom. The lowest BCUT2D eigenvalue weighted by molar-refractivity contribution is -0.135. The van der Waals surface area contributed by atoms with E-state index in [2.05, 4.69) is 12.7 Å². The molecule has 2 nitrogen and oxygen atoms in total. The molecule has 0 spiro atoms. The molecule has 0 saturated heterocycles. The van der Waals surface area contributed by atoms with Gasteiger partial charge in [0.15, 0.2) is 0 Å². The molecule has 0 fully saturated rings. The molecule has 86 valence electrons. The van der Waals surface area contributed by atoms with Gasteiger partial charge >= 0.3 is 5.97 Å². The van der Waals surface area contributed by atoms with Gasteiger partial charge in [-0.2, -0.15) is 0 Å². The second-order valence-electron chi connectivity index (χ2n) is 3.73. The van der Waals surface area contributed by atoms with Crippen molar-refractivity contribution < 1.29 is 9.90 Å². The summed E-state index contributed by atoms with van der Waals surface area (Å²) < 4.78 is 0. The molecular formula is C13H22O2. The standard InChI is InChI=1S/C13H22O2/c1-2-3-4-5-6-7-8-9-10-11-12-13(14)15/h9,11H,2-8,12H2,1H3,(H,14,15). The minimum atomic E-state index is -0.796. The molecule has 0 aromatic carbocycles. The predicted molar refractivity (Wildman–Crippen MR) is 62.9 cm³/mol. The lowest BCUT2D eigenvalue weighted by Gasteiger charge is -1.96. The second kappa shape index (κ2) is 11.1. The van der Waals surface area contributed by atoms with Crippen LogP contribution >= 0.6 is 0 Å². The Kier molecular flexibility index (Phi) is 10.3. The first kappa shape index (κ1) is 14.0. The van der Waals surface area contributed by atoms with Crippen LogP contribution in [0.4, 0.5) is 0 Å². The van der Waals surface area contributed by atoms with Gasteiger partial charge in [0.1, 0.15) is 0 Å². The van der Waals surface area contributed by atoms with Crippen molar-refractivity contribution in [1.82, 2.24) is 0 Å². The smallest absolute Gasteiger partial charge is 0.307 e. The third-order valence-electron chi connectivity index (χ3n) is 2.21. The van der Waals surface area contributed by atoms with Gasteiger partial charge in [-0.25, -0.2) is 0 Å². The minimum Gasteiger partial charge on any atom is -0.481 e. The Morgan fingerprint density at radius 2 is 1.80 bits per heavy atom. The fourth-order valence-corrected chi connectivity index (χ4v) is 1.34. The maximum absolute atomic E-state index is 10.1. The highest BCUT2D eigenvalue weighted by Crippen LogP contribution is 2.06. The van der Waals surface area contributed by atoms with E-state index in [-0.39, 0.29) is 6.42 Å². The third kappa shape index (κ3) is 13.0. The molecule has 0 saturated carbocycles. The topological polar surface area (TPSA) is 37.3 Å². The number of rotatable bonds is 9. The zero-order chi connectivity index (χ0) is 11.4. The van der Waals surface area contributed by atoms with Gasteiger partial charge in [-0.15, -0.1) is 5.73 Å². The van der Waals surface area contributed by atoms with E-state index in [1.54, 1.807) is 6.08 Å². The second-order valence-corrected chi connectivity index (χ2v) is 3.73. The Labute approximate surface area is 92.7 Å². The largest absolute Gasteiger partial charge is 0.481 e. The van der Waals surface area contributed by atoms with E-state index in [0.29, 0.717) is 0 Å². The van der Waals surface area contributed by atoms with Gasteiger partial charge in [-0.3, -0.25) is 4.79 Å². The van der Waals surface area contributed by atoms with Crippen molar-refractivity contribution in [2.45, 2.75) is 58.3 Å². The number of aliphatic carboxylic acids is 1. The lowest BCUT2D eigenvalue weighted by atomic mass is 10.1. The van der Waals surface area contributed by atoms with Crippen molar-refractivity contribution in [2.75, 3.05) is 0 Å². The highest BCUT2D eigenvalue weighted by molar-refractivity contribution is 5.68. The van der Waals surface area contributed by atoms with Crippen LogP contribution in [0, 0.1) is 0 Å². The summed E-state index contributed by atoms with van der Waals surface area (Å²) in [6.07, 6.45) is 12.4. The van der Waals surface area contributed by atoms with Crippen molar-refractivity contribution >= 4 is 5.97 Å². The third-order valence-corrected chi connectivity index (χ3v) is 2.21. The van der Waals surface area contributed by atoms with E-state index < -0.39 is 5.97 Å². The van der Waals surface area contributed by atoms with E-state index in [1.165, 1.54) is 38.5 Å². The number of hydrogen-bond donors (Lipinski definition) is 1. The Bertz CT molecular complexity index is 213. The quantitative estimate of drug-likeness (QED) is 0.462. The molecule has 0 aromatic rings. The predicted octanol–water partition coefficient (Wildman–Crippen LogP) is 3.92. The molecule has 0 unspecified atom stereocenters. The average molecular weight is 210 g/mol. The van der Waals surface area contributed by atoms with Gasteiger partial charge < -0.3 is 5.11 Å². The SMILES string of the molecule is CCCCCCCCC=C=CCC(=O)O. The Hall–Kier alpha value is -1.01. The van der Waals surface area contributed by atoms with Crippen molar-refractivity contribution in [1.29, 1.82) is 0 Å². The van der Waals surface area contributed by atoms with E-state index in [1.807, 2.05) is 6.08 Å². The van der Waals surface area contributed by atoms with Crippen LogP contribution in [0.2, 0.25) is 0 Å². The molecule has 0 bridgehead atoms. The summed E-state index contributed by atoms with van der Waals surface area (Å²) in [5.41, 5.74) is 2.89. The van der Waals surface area contributed by atoms with Crippen LogP contribution in [0.25, 0.3) is 0 Å². The summed E-state index contributed by atoms with van der Waals surface area (Å²) >= 11 is 0. The molecule has 0 aromatic heterocycles. The molecule has 0 aliphatic carbocycles. The van der Waals surface area contributed by atoms with Gasteiger partial charge in [0.25, 0.3) is 0 Å². The molecule has 15 heavy (non-hydrogen) atoms. The Morgan fingerprint density at radius 3 is 2.47 bits per heavy atom. The molecule has 0 amide bonds. The van der Waals surface area contributed by atoms with E-state index in [0.717, 1.165) is 6.42 Å². The van der Waals surface area contributed by atoms with E-state index in [4.69, 9.17) is 5.11 Å². The van der Waals surface area contributed by atoms with Gasteiger partial charge in [0.05, 0.1) is 6.42 Å². The van der Waals surface area contributed by atoms with Crippen molar-refractivity contribution in [2.24, 2.45) is 0 Å². The molecule has 1 N–H and O–H groups in total.